The standard InChI is InChI=1S/C45H30/c1-45(2)41-25-31(30-15-14-27-8-3-4-9-29(27)24-30)17-19-36(41)37-20-18-32(26-42(37)45)33-22-23-40-35-12-6-5-11-34(35)38-13-7-10-28-16-21-39(33)44(40)43(28)38/h3-26H,1-2H3. The molecule has 0 radical (unpaired) electrons. The molecule has 1 aliphatic rings. The van der Waals surface area contributed by atoms with E-state index in [2.05, 4.69) is 159 Å². The Balaban J connectivity index is 1.15. The number of fused-ring (bicyclic) bond motifs is 7. The summed E-state index contributed by atoms with van der Waals surface area (Å²) in [5.41, 5.74) is 10.5. The van der Waals surface area contributed by atoms with E-state index in [1.807, 2.05) is 0 Å². The molecule has 0 bridgehead atoms. The van der Waals surface area contributed by atoms with E-state index in [0.717, 1.165) is 0 Å². The second-order valence-corrected chi connectivity index (χ2v) is 13.3. The van der Waals surface area contributed by atoms with Crippen LogP contribution in [0, 0.1) is 0 Å². The van der Waals surface area contributed by atoms with Gasteiger partial charge in [-0.2, -0.15) is 0 Å². The van der Waals surface area contributed by atoms with Gasteiger partial charge >= 0.3 is 0 Å². The van der Waals surface area contributed by atoms with Crippen molar-refractivity contribution in [3.8, 4) is 33.4 Å². The van der Waals surface area contributed by atoms with Gasteiger partial charge in [0, 0.05) is 5.41 Å². The zero-order chi connectivity index (χ0) is 29.9. The topological polar surface area (TPSA) is 0 Å². The summed E-state index contributed by atoms with van der Waals surface area (Å²) in [5, 5.41) is 13.3. The molecule has 10 rings (SSSR count). The van der Waals surface area contributed by atoms with E-state index in [1.54, 1.807) is 0 Å². The molecule has 0 aliphatic heterocycles. The molecule has 0 N–H and O–H groups in total. The predicted octanol–water partition coefficient (Wildman–Crippen LogP) is 12.5. The Labute approximate surface area is 262 Å². The van der Waals surface area contributed by atoms with Crippen LogP contribution in [0.1, 0.15) is 25.0 Å². The quantitative estimate of drug-likeness (QED) is 0.143. The molecule has 210 valence electrons. The maximum atomic E-state index is 2.47. The number of hydrogen-bond acceptors (Lipinski definition) is 0. The monoisotopic (exact) mass is 570 g/mol. The lowest BCUT2D eigenvalue weighted by Gasteiger charge is -2.23. The molecule has 0 saturated carbocycles. The highest BCUT2D eigenvalue weighted by molar-refractivity contribution is 6.35. The molecular formula is C45H30. The van der Waals surface area contributed by atoms with E-state index in [-0.39, 0.29) is 5.41 Å². The zero-order valence-corrected chi connectivity index (χ0v) is 25.4. The van der Waals surface area contributed by atoms with E-state index < -0.39 is 0 Å². The summed E-state index contributed by atoms with van der Waals surface area (Å²) >= 11 is 0. The maximum Gasteiger partial charge on any atom is 0.0159 e. The second-order valence-electron chi connectivity index (χ2n) is 13.3. The zero-order valence-electron chi connectivity index (χ0n) is 25.4. The van der Waals surface area contributed by atoms with Crippen molar-refractivity contribution in [3.63, 3.8) is 0 Å². The number of benzene rings is 9. The highest BCUT2D eigenvalue weighted by atomic mass is 14.4. The van der Waals surface area contributed by atoms with Gasteiger partial charge in [0.25, 0.3) is 0 Å². The molecular weight excluding hydrogens is 540 g/mol. The lowest BCUT2D eigenvalue weighted by Crippen LogP contribution is -2.15. The van der Waals surface area contributed by atoms with Crippen molar-refractivity contribution in [2.45, 2.75) is 19.3 Å². The van der Waals surface area contributed by atoms with Crippen LogP contribution in [0.3, 0.4) is 0 Å². The van der Waals surface area contributed by atoms with Gasteiger partial charge in [-0.15, -0.1) is 0 Å². The molecule has 1 aliphatic carbocycles. The third-order valence-electron chi connectivity index (χ3n) is 10.6. The van der Waals surface area contributed by atoms with Gasteiger partial charge in [0.1, 0.15) is 0 Å². The summed E-state index contributed by atoms with van der Waals surface area (Å²) < 4.78 is 0. The van der Waals surface area contributed by atoms with Gasteiger partial charge in [-0.1, -0.05) is 141 Å². The van der Waals surface area contributed by atoms with Crippen LogP contribution >= 0.6 is 0 Å². The van der Waals surface area contributed by atoms with Crippen LogP contribution < -0.4 is 0 Å². The van der Waals surface area contributed by atoms with Crippen molar-refractivity contribution in [1.29, 1.82) is 0 Å². The van der Waals surface area contributed by atoms with Crippen molar-refractivity contribution in [2.24, 2.45) is 0 Å². The van der Waals surface area contributed by atoms with E-state index in [0.29, 0.717) is 0 Å². The summed E-state index contributed by atoms with van der Waals surface area (Å²) in [5.74, 6) is 0. The Morgan fingerprint density at radius 3 is 1.67 bits per heavy atom. The Hall–Kier alpha value is -5.46. The lowest BCUT2D eigenvalue weighted by atomic mass is 9.80. The van der Waals surface area contributed by atoms with Crippen molar-refractivity contribution in [1.82, 2.24) is 0 Å². The summed E-state index contributed by atoms with van der Waals surface area (Å²) in [6.45, 7) is 4.78. The molecule has 45 heavy (non-hydrogen) atoms. The molecule has 0 spiro atoms. The van der Waals surface area contributed by atoms with Gasteiger partial charge in [0.05, 0.1) is 0 Å². The largest absolute Gasteiger partial charge is 0.0616 e. The minimum absolute atomic E-state index is 0.104. The van der Waals surface area contributed by atoms with Gasteiger partial charge < -0.3 is 0 Å². The third-order valence-corrected chi connectivity index (χ3v) is 10.6. The van der Waals surface area contributed by atoms with Crippen molar-refractivity contribution in [3.05, 3.63) is 157 Å². The fourth-order valence-electron chi connectivity index (χ4n) is 8.33. The smallest absolute Gasteiger partial charge is 0.0159 e. The molecule has 0 saturated heterocycles. The van der Waals surface area contributed by atoms with Crippen LogP contribution in [0.5, 0.6) is 0 Å². The average molecular weight is 571 g/mol. The van der Waals surface area contributed by atoms with Crippen LogP contribution in [0.25, 0.3) is 87.2 Å². The van der Waals surface area contributed by atoms with Crippen LogP contribution in [0.15, 0.2) is 146 Å². The maximum absolute atomic E-state index is 2.47. The molecule has 0 aromatic heterocycles. The van der Waals surface area contributed by atoms with E-state index >= 15 is 0 Å². The molecule has 9 aromatic rings. The van der Waals surface area contributed by atoms with Gasteiger partial charge in [-0.05, 0) is 117 Å². The van der Waals surface area contributed by atoms with Crippen LogP contribution in [0.4, 0.5) is 0 Å². The average Bonchev–Trinajstić information content (AvgIpc) is 3.32. The highest BCUT2D eigenvalue weighted by Gasteiger charge is 2.36. The molecule has 0 amide bonds. The molecule has 0 fully saturated rings. The van der Waals surface area contributed by atoms with Gasteiger partial charge in [0.15, 0.2) is 0 Å². The number of hydrogen-bond donors (Lipinski definition) is 0. The van der Waals surface area contributed by atoms with E-state index in [9.17, 15) is 0 Å². The molecule has 0 nitrogen and oxygen atoms in total. The van der Waals surface area contributed by atoms with Crippen molar-refractivity contribution < 1.29 is 0 Å². The first-order valence-corrected chi connectivity index (χ1v) is 15.9. The Kier molecular flexibility index (Phi) is 4.88. The van der Waals surface area contributed by atoms with Gasteiger partial charge in [-0.25, -0.2) is 0 Å². The first-order valence-electron chi connectivity index (χ1n) is 15.9. The van der Waals surface area contributed by atoms with Gasteiger partial charge in [0.2, 0.25) is 0 Å². The minimum atomic E-state index is -0.104. The molecule has 9 aromatic carbocycles. The second kappa shape index (κ2) is 8.80. The SMILES string of the molecule is CC1(C)c2cc(-c3ccc4ccccc4c3)ccc2-c2ccc(-c3ccc4c5ccccc5c5cccc6ccc3c4c65)cc21. The lowest BCUT2D eigenvalue weighted by molar-refractivity contribution is 0.661. The third kappa shape index (κ3) is 3.37. The Bertz CT molecular complexity index is 2670. The Morgan fingerprint density at radius 2 is 0.867 bits per heavy atom. The number of rotatable bonds is 2. The molecule has 0 atom stereocenters. The molecule has 0 heteroatoms. The minimum Gasteiger partial charge on any atom is -0.0616 e. The summed E-state index contributed by atoms with van der Waals surface area (Å²) in [7, 11) is 0. The summed E-state index contributed by atoms with van der Waals surface area (Å²) in [6.07, 6.45) is 0. The summed E-state index contributed by atoms with van der Waals surface area (Å²) in [4.78, 5) is 0. The van der Waals surface area contributed by atoms with Crippen LogP contribution in [-0.2, 0) is 5.41 Å². The first-order chi connectivity index (χ1) is 22.1. The van der Waals surface area contributed by atoms with Crippen LogP contribution in [-0.4, -0.2) is 0 Å². The van der Waals surface area contributed by atoms with Crippen molar-refractivity contribution in [2.75, 3.05) is 0 Å². The highest BCUT2D eigenvalue weighted by Crippen LogP contribution is 2.51. The summed E-state index contributed by atoms with van der Waals surface area (Å²) in [6, 6.07) is 54.6. The predicted molar refractivity (Wildman–Crippen MR) is 194 cm³/mol. The Morgan fingerprint density at radius 1 is 0.333 bits per heavy atom. The van der Waals surface area contributed by atoms with E-state index in [1.165, 1.54) is 98.4 Å². The van der Waals surface area contributed by atoms with Crippen LogP contribution in [0.2, 0.25) is 0 Å². The normalized spacial score (nSPS) is 13.7. The van der Waals surface area contributed by atoms with Crippen molar-refractivity contribution >= 4 is 53.9 Å². The molecule has 0 unspecified atom stereocenters. The fraction of sp³-hybridized carbons (Fsp3) is 0.0667. The van der Waals surface area contributed by atoms with Gasteiger partial charge in [-0.3, -0.25) is 0 Å². The van der Waals surface area contributed by atoms with E-state index in [4.69, 9.17) is 0 Å². The first kappa shape index (κ1) is 24.9. The molecule has 0 heterocycles. The fourth-order valence-corrected chi connectivity index (χ4v) is 8.33.